The lowest BCUT2D eigenvalue weighted by atomic mass is 10.2. The van der Waals surface area contributed by atoms with Gasteiger partial charge in [0.2, 0.25) is 0 Å². The highest BCUT2D eigenvalue weighted by Crippen LogP contribution is 2.30. The lowest BCUT2D eigenvalue weighted by Gasteiger charge is -2.18. The molecule has 0 spiro atoms. The van der Waals surface area contributed by atoms with Gasteiger partial charge in [0.25, 0.3) is 5.91 Å². The summed E-state index contributed by atoms with van der Waals surface area (Å²) in [5.74, 6) is -0.120. The fourth-order valence-electron chi connectivity index (χ4n) is 2.02. The van der Waals surface area contributed by atoms with E-state index in [1.807, 2.05) is 0 Å². The summed E-state index contributed by atoms with van der Waals surface area (Å²) in [6.45, 7) is 1.74. The van der Waals surface area contributed by atoms with Gasteiger partial charge in [0, 0.05) is 10.7 Å². The summed E-state index contributed by atoms with van der Waals surface area (Å²) in [5, 5.41) is 2.90. The van der Waals surface area contributed by atoms with Gasteiger partial charge in [-0.1, -0.05) is 30.7 Å². The van der Waals surface area contributed by atoms with Crippen molar-refractivity contribution in [3.63, 3.8) is 0 Å². The average molecular weight is 358 g/mol. The van der Waals surface area contributed by atoms with Crippen LogP contribution in [0.3, 0.4) is 0 Å². The van der Waals surface area contributed by atoms with Gasteiger partial charge in [-0.3, -0.25) is 4.79 Å². The molecule has 0 aliphatic rings. The van der Waals surface area contributed by atoms with E-state index in [0.717, 1.165) is 12.1 Å². The zero-order valence-corrected chi connectivity index (χ0v) is 13.5. The zero-order valence-electron chi connectivity index (χ0n) is 12.7. The largest absolute Gasteiger partial charge is 0.481 e. The van der Waals surface area contributed by atoms with Crippen LogP contribution < -0.4 is 10.1 Å². The number of ether oxygens (including phenoxy) is 1. The van der Waals surface area contributed by atoms with Crippen LogP contribution in [0.5, 0.6) is 5.75 Å². The van der Waals surface area contributed by atoms with E-state index in [1.165, 1.54) is 12.1 Å². The highest BCUT2D eigenvalue weighted by atomic mass is 35.5. The fourth-order valence-corrected chi connectivity index (χ4v) is 2.20. The minimum absolute atomic E-state index is 0.0583. The van der Waals surface area contributed by atoms with E-state index >= 15 is 0 Å². The van der Waals surface area contributed by atoms with Crippen LogP contribution in [0.15, 0.2) is 48.5 Å². The molecule has 0 saturated heterocycles. The van der Waals surface area contributed by atoms with Gasteiger partial charge in [0.1, 0.15) is 5.75 Å². The van der Waals surface area contributed by atoms with Crippen LogP contribution >= 0.6 is 11.6 Å². The Morgan fingerprint density at radius 3 is 2.54 bits per heavy atom. The van der Waals surface area contributed by atoms with Gasteiger partial charge in [-0.05, 0) is 42.8 Å². The van der Waals surface area contributed by atoms with Crippen LogP contribution in [0, 0.1) is 0 Å². The molecule has 0 bridgehead atoms. The Labute approximate surface area is 142 Å². The Hall–Kier alpha value is -2.21. The lowest BCUT2D eigenvalue weighted by molar-refractivity contribution is -0.137. The van der Waals surface area contributed by atoms with Crippen molar-refractivity contribution in [2.24, 2.45) is 0 Å². The summed E-state index contributed by atoms with van der Waals surface area (Å²) in [7, 11) is 0. The van der Waals surface area contributed by atoms with Crippen LogP contribution in [0.25, 0.3) is 0 Å². The molecule has 24 heavy (non-hydrogen) atoms. The van der Waals surface area contributed by atoms with Crippen molar-refractivity contribution in [3.8, 4) is 5.75 Å². The van der Waals surface area contributed by atoms with E-state index in [2.05, 4.69) is 5.32 Å². The predicted octanol–water partition coefficient (Wildman–Crippen LogP) is 5.15. The Morgan fingerprint density at radius 2 is 1.92 bits per heavy atom. The quantitative estimate of drug-likeness (QED) is 0.803. The molecule has 7 heteroatoms. The number of carbonyl (C=O) groups is 1. The molecular weight excluding hydrogens is 343 g/mol. The molecule has 0 saturated carbocycles. The number of amides is 1. The number of halogens is 4. The summed E-state index contributed by atoms with van der Waals surface area (Å²) in [6, 6.07) is 11.0. The maximum Gasteiger partial charge on any atom is 0.416 e. The van der Waals surface area contributed by atoms with E-state index in [9.17, 15) is 18.0 Å². The second-order valence-electron chi connectivity index (χ2n) is 5.04. The Morgan fingerprint density at radius 1 is 1.21 bits per heavy atom. The molecule has 128 valence electrons. The van der Waals surface area contributed by atoms with E-state index < -0.39 is 23.8 Å². The smallest absolute Gasteiger partial charge is 0.416 e. The van der Waals surface area contributed by atoms with Gasteiger partial charge in [-0.2, -0.15) is 13.2 Å². The first-order chi connectivity index (χ1) is 11.3. The number of alkyl halides is 3. The van der Waals surface area contributed by atoms with Crippen LogP contribution in [-0.4, -0.2) is 12.0 Å². The molecule has 0 unspecified atom stereocenters. The number of carbonyl (C=O) groups excluding carboxylic acids is 1. The molecule has 2 rings (SSSR count). The molecule has 1 amide bonds. The number of benzene rings is 2. The first-order valence-electron chi connectivity index (χ1n) is 7.20. The van der Waals surface area contributed by atoms with Crippen LogP contribution in [0.4, 0.5) is 18.9 Å². The summed E-state index contributed by atoms with van der Waals surface area (Å²) < 4.78 is 43.7. The Kier molecular flexibility index (Phi) is 5.72. The van der Waals surface area contributed by atoms with Gasteiger partial charge in [-0.15, -0.1) is 0 Å². The molecule has 0 aliphatic heterocycles. The van der Waals surface area contributed by atoms with Gasteiger partial charge in [0.15, 0.2) is 6.10 Å². The number of nitrogens with one attached hydrogen (secondary N) is 1. The average Bonchev–Trinajstić information content (AvgIpc) is 2.52. The number of hydrogen-bond donors (Lipinski definition) is 1. The minimum Gasteiger partial charge on any atom is -0.481 e. The molecule has 0 aliphatic carbocycles. The number of rotatable bonds is 5. The van der Waals surface area contributed by atoms with E-state index in [4.69, 9.17) is 16.3 Å². The second kappa shape index (κ2) is 7.57. The van der Waals surface area contributed by atoms with Crippen molar-refractivity contribution in [1.82, 2.24) is 0 Å². The summed E-state index contributed by atoms with van der Waals surface area (Å²) in [6.07, 6.45) is -4.97. The summed E-state index contributed by atoms with van der Waals surface area (Å²) in [5.41, 5.74) is -0.771. The molecule has 0 heterocycles. The molecule has 0 aromatic heterocycles. The van der Waals surface area contributed by atoms with E-state index in [-0.39, 0.29) is 5.69 Å². The van der Waals surface area contributed by atoms with Crippen LogP contribution in [-0.2, 0) is 11.0 Å². The Bertz CT molecular complexity index is 719. The number of hydrogen-bond acceptors (Lipinski definition) is 2. The van der Waals surface area contributed by atoms with Crippen molar-refractivity contribution in [2.45, 2.75) is 25.6 Å². The molecule has 1 atom stereocenters. The summed E-state index contributed by atoms with van der Waals surface area (Å²) in [4.78, 5) is 12.2. The molecule has 0 radical (unpaired) electrons. The minimum atomic E-state index is -4.47. The maximum absolute atomic E-state index is 12.7. The normalized spacial score (nSPS) is 12.5. The topological polar surface area (TPSA) is 38.3 Å². The van der Waals surface area contributed by atoms with Crippen molar-refractivity contribution >= 4 is 23.2 Å². The van der Waals surface area contributed by atoms with E-state index in [0.29, 0.717) is 17.2 Å². The molecular formula is C17H15ClF3NO2. The van der Waals surface area contributed by atoms with Crippen molar-refractivity contribution < 1.29 is 22.7 Å². The van der Waals surface area contributed by atoms with Crippen LogP contribution in [0.2, 0.25) is 5.02 Å². The highest BCUT2D eigenvalue weighted by molar-refractivity contribution is 6.30. The first kappa shape index (κ1) is 18.1. The van der Waals surface area contributed by atoms with Gasteiger partial charge in [-0.25, -0.2) is 0 Å². The lowest BCUT2D eigenvalue weighted by Crippen LogP contribution is -2.32. The van der Waals surface area contributed by atoms with Crippen molar-refractivity contribution in [2.75, 3.05) is 5.32 Å². The third kappa shape index (κ3) is 4.89. The third-order valence-corrected chi connectivity index (χ3v) is 3.43. The predicted molar refractivity (Wildman–Crippen MR) is 86.2 cm³/mol. The number of anilines is 1. The second-order valence-corrected chi connectivity index (χ2v) is 5.48. The first-order valence-corrected chi connectivity index (χ1v) is 7.57. The van der Waals surface area contributed by atoms with Gasteiger partial charge in [0.05, 0.1) is 5.56 Å². The fraction of sp³-hybridized carbons (Fsp3) is 0.235. The van der Waals surface area contributed by atoms with E-state index in [1.54, 1.807) is 31.2 Å². The monoisotopic (exact) mass is 357 g/mol. The molecule has 2 aromatic carbocycles. The van der Waals surface area contributed by atoms with Gasteiger partial charge < -0.3 is 10.1 Å². The van der Waals surface area contributed by atoms with Gasteiger partial charge >= 0.3 is 6.18 Å². The van der Waals surface area contributed by atoms with Crippen LogP contribution in [0.1, 0.15) is 18.9 Å². The SMILES string of the molecule is CC[C@@H](Oc1cccc(Cl)c1)C(=O)Nc1cccc(C(F)(F)F)c1. The molecule has 0 fully saturated rings. The Balaban J connectivity index is 2.09. The molecule has 2 aromatic rings. The molecule has 1 N–H and O–H groups in total. The maximum atomic E-state index is 12.7. The summed E-state index contributed by atoms with van der Waals surface area (Å²) >= 11 is 5.85. The van der Waals surface area contributed by atoms with Crippen molar-refractivity contribution in [3.05, 3.63) is 59.1 Å². The third-order valence-electron chi connectivity index (χ3n) is 3.20. The highest BCUT2D eigenvalue weighted by Gasteiger charge is 2.30. The van der Waals surface area contributed by atoms with Crippen molar-refractivity contribution in [1.29, 1.82) is 0 Å². The standard InChI is InChI=1S/C17H15ClF3NO2/c1-2-15(24-14-8-4-6-12(18)10-14)16(23)22-13-7-3-5-11(9-13)17(19,20)21/h3-10,15H,2H2,1H3,(H,22,23)/t15-/m1/s1. The molecule has 3 nitrogen and oxygen atoms in total. The zero-order chi connectivity index (χ0) is 17.7.